The van der Waals surface area contributed by atoms with Crippen LogP contribution in [0.5, 0.6) is 5.75 Å². The molecule has 1 fully saturated rings. The highest BCUT2D eigenvalue weighted by atomic mass is 19.4. The van der Waals surface area contributed by atoms with Crippen molar-refractivity contribution < 1.29 is 17.9 Å². The predicted octanol–water partition coefficient (Wildman–Crippen LogP) is 4.47. The first-order chi connectivity index (χ1) is 12.9. The van der Waals surface area contributed by atoms with E-state index in [1.807, 2.05) is 12.1 Å². The first-order valence-corrected chi connectivity index (χ1v) is 9.16. The van der Waals surface area contributed by atoms with Gasteiger partial charge in [0.25, 0.3) is 0 Å². The molecule has 3 nitrogen and oxygen atoms in total. The van der Waals surface area contributed by atoms with Crippen LogP contribution in [0.15, 0.2) is 48.5 Å². The summed E-state index contributed by atoms with van der Waals surface area (Å²) in [7, 11) is 1.65. The first kappa shape index (κ1) is 19.5. The van der Waals surface area contributed by atoms with Crippen LogP contribution in [-0.4, -0.2) is 44.2 Å². The Morgan fingerprint density at radius 3 is 2.26 bits per heavy atom. The van der Waals surface area contributed by atoms with Crippen molar-refractivity contribution in [2.45, 2.75) is 25.6 Å². The predicted molar refractivity (Wildman–Crippen MR) is 101 cm³/mol. The molecular weight excluding hydrogens is 353 g/mol. The molecule has 2 aromatic carbocycles. The third-order valence-corrected chi connectivity index (χ3v) is 5.16. The molecule has 0 amide bonds. The standard InChI is InChI=1S/C21H25F3N2O/c1-16(14-17-4-3-5-18(15-17)21(22,23)24)25-10-12-26(13-11-25)19-6-8-20(27-2)9-7-19/h3-9,15-16H,10-14H2,1-2H3/t16-/m0/s1. The van der Waals surface area contributed by atoms with Gasteiger partial charge in [0, 0.05) is 37.9 Å². The average Bonchev–Trinajstić information content (AvgIpc) is 2.68. The number of rotatable bonds is 5. The minimum absolute atomic E-state index is 0.200. The van der Waals surface area contributed by atoms with Gasteiger partial charge in [-0.05, 0) is 49.2 Å². The second kappa shape index (κ2) is 8.21. The summed E-state index contributed by atoms with van der Waals surface area (Å²) in [6.07, 6.45) is -3.67. The second-order valence-electron chi connectivity index (χ2n) is 6.97. The van der Waals surface area contributed by atoms with Gasteiger partial charge in [0.15, 0.2) is 0 Å². The molecule has 1 heterocycles. The molecule has 0 aromatic heterocycles. The summed E-state index contributed by atoms with van der Waals surface area (Å²) in [5.74, 6) is 0.840. The number of benzene rings is 2. The summed E-state index contributed by atoms with van der Waals surface area (Å²) in [5.41, 5.74) is 1.33. The van der Waals surface area contributed by atoms with Crippen LogP contribution in [0.3, 0.4) is 0 Å². The summed E-state index contributed by atoms with van der Waals surface area (Å²) in [6.45, 7) is 5.68. The van der Waals surface area contributed by atoms with Crippen molar-refractivity contribution >= 4 is 5.69 Å². The van der Waals surface area contributed by atoms with Gasteiger partial charge >= 0.3 is 6.18 Å². The maximum Gasteiger partial charge on any atom is 0.416 e. The van der Waals surface area contributed by atoms with E-state index in [-0.39, 0.29) is 6.04 Å². The van der Waals surface area contributed by atoms with E-state index < -0.39 is 11.7 Å². The fourth-order valence-corrected chi connectivity index (χ4v) is 3.56. The minimum Gasteiger partial charge on any atom is -0.497 e. The van der Waals surface area contributed by atoms with Crippen molar-refractivity contribution in [2.75, 3.05) is 38.2 Å². The van der Waals surface area contributed by atoms with Crippen molar-refractivity contribution in [1.82, 2.24) is 4.90 Å². The molecule has 0 N–H and O–H groups in total. The summed E-state index contributed by atoms with van der Waals surface area (Å²) in [5, 5.41) is 0. The van der Waals surface area contributed by atoms with Gasteiger partial charge < -0.3 is 9.64 Å². The van der Waals surface area contributed by atoms with Gasteiger partial charge in [-0.15, -0.1) is 0 Å². The highest BCUT2D eigenvalue weighted by Gasteiger charge is 2.30. The monoisotopic (exact) mass is 378 g/mol. The van der Waals surface area contributed by atoms with Crippen LogP contribution in [0.1, 0.15) is 18.1 Å². The van der Waals surface area contributed by atoms with Gasteiger partial charge in [0.2, 0.25) is 0 Å². The Morgan fingerprint density at radius 1 is 1.00 bits per heavy atom. The molecular formula is C21H25F3N2O. The third kappa shape index (κ3) is 4.95. The first-order valence-electron chi connectivity index (χ1n) is 9.16. The summed E-state index contributed by atoms with van der Waals surface area (Å²) < 4.78 is 43.9. The third-order valence-electron chi connectivity index (χ3n) is 5.16. The zero-order chi connectivity index (χ0) is 19.4. The average molecular weight is 378 g/mol. The fourth-order valence-electron chi connectivity index (χ4n) is 3.56. The van der Waals surface area contributed by atoms with Gasteiger partial charge in [0.05, 0.1) is 12.7 Å². The fraction of sp³-hybridized carbons (Fsp3) is 0.429. The van der Waals surface area contributed by atoms with E-state index in [4.69, 9.17) is 4.74 Å². The lowest BCUT2D eigenvalue weighted by atomic mass is 10.0. The molecule has 3 rings (SSSR count). The van der Waals surface area contributed by atoms with Crippen molar-refractivity contribution in [3.63, 3.8) is 0 Å². The van der Waals surface area contributed by atoms with Crippen LogP contribution in [0.4, 0.5) is 18.9 Å². The normalized spacial score (nSPS) is 17.0. The minimum atomic E-state index is -4.29. The Kier molecular flexibility index (Phi) is 5.95. The molecule has 2 aromatic rings. The lowest BCUT2D eigenvalue weighted by Gasteiger charge is -2.39. The summed E-state index contributed by atoms with van der Waals surface area (Å²) >= 11 is 0. The molecule has 27 heavy (non-hydrogen) atoms. The van der Waals surface area contributed by atoms with Crippen LogP contribution in [-0.2, 0) is 12.6 Å². The number of methoxy groups -OCH3 is 1. The quantitative estimate of drug-likeness (QED) is 0.764. The zero-order valence-electron chi connectivity index (χ0n) is 15.7. The van der Waals surface area contributed by atoms with Crippen LogP contribution in [0, 0.1) is 0 Å². The maximum absolute atomic E-state index is 12.9. The van der Waals surface area contributed by atoms with E-state index in [1.54, 1.807) is 13.2 Å². The van der Waals surface area contributed by atoms with Gasteiger partial charge in [-0.1, -0.05) is 18.2 Å². The van der Waals surface area contributed by atoms with Crippen LogP contribution in [0.25, 0.3) is 0 Å². The van der Waals surface area contributed by atoms with E-state index in [0.717, 1.165) is 43.6 Å². The lowest BCUT2D eigenvalue weighted by molar-refractivity contribution is -0.137. The Labute approximate surface area is 158 Å². The van der Waals surface area contributed by atoms with E-state index in [1.165, 1.54) is 17.8 Å². The van der Waals surface area contributed by atoms with Crippen LogP contribution in [0.2, 0.25) is 0 Å². The number of halogens is 3. The largest absolute Gasteiger partial charge is 0.497 e. The zero-order valence-corrected chi connectivity index (χ0v) is 15.7. The number of alkyl halides is 3. The highest BCUT2D eigenvalue weighted by Crippen LogP contribution is 2.30. The Morgan fingerprint density at radius 2 is 1.67 bits per heavy atom. The molecule has 6 heteroatoms. The Hall–Kier alpha value is -2.21. The number of ether oxygens (including phenoxy) is 1. The Bertz CT molecular complexity index is 738. The molecule has 0 radical (unpaired) electrons. The molecule has 1 atom stereocenters. The summed E-state index contributed by atoms with van der Waals surface area (Å²) in [6, 6.07) is 13.9. The van der Waals surface area contributed by atoms with Crippen LogP contribution >= 0.6 is 0 Å². The molecule has 0 aliphatic carbocycles. The van der Waals surface area contributed by atoms with Gasteiger partial charge in [-0.2, -0.15) is 13.2 Å². The van der Waals surface area contributed by atoms with Crippen molar-refractivity contribution in [1.29, 1.82) is 0 Å². The number of anilines is 1. The SMILES string of the molecule is COc1ccc(N2CCN([C@@H](C)Cc3cccc(C(F)(F)F)c3)CC2)cc1. The number of hydrogen-bond donors (Lipinski definition) is 0. The van der Waals surface area contributed by atoms with Crippen molar-refractivity contribution in [2.24, 2.45) is 0 Å². The number of piperazine rings is 1. The molecule has 0 saturated carbocycles. The molecule has 1 saturated heterocycles. The van der Waals surface area contributed by atoms with E-state index in [0.29, 0.717) is 6.42 Å². The number of nitrogens with zero attached hydrogens (tertiary/aromatic N) is 2. The molecule has 0 bridgehead atoms. The second-order valence-corrected chi connectivity index (χ2v) is 6.97. The topological polar surface area (TPSA) is 15.7 Å². The maximum atomic E-state index is 12.9. The van der Waals surface area contributed by atoms with E-state index in [2.05, 4.69) is 28.9 Å². The van der Waals surface area contributed by atoms with Crippen molar-refractivity contribution in [3.05, 3.63) is 59.7 Å². The number of hydrogen-bond acceptors (Lipinski definition) is 3. The van der Waals surface area contributed by atoms with Gasteiger partial charge in [-0.3, -0.25) is 4.90 Å². The van der Waals surface area contributed by atoms with E-state index in [9.17, 15) is 13.2 Å². The lowest BCUT2D eigenvalue weighted by Crippen LogP contribution is -2.50. The van der Waals surface area contributed by atoms with E-state index >= 15 is 0 Å². The molecule has 1 aliphatic heterocycles. The molecule has 0 unspecified atom stereocenters. The Balaban J connectivity index is 1.56. The highest BCUT2D eigenvalue weighted by molar-refractivity contribution is 5.49. The van der Waals surface area contributed by atoms with Crippen molar-refractivity contribution in [3.8, 4) is 5.75 Å². The van der Waals surface area contributed by atoms with Crippen LogP contribution < -0.4 is 9.64 Å². The summed E-state index contributed by atoms with van der Waals surface area (Å²) in [4.78, 5) is 4.67. The smallest absolute Gasteiger partial charge is 0.416 e. The van der Waals surface area contributed by atoms with Gasteiger partial charge in [-0.25, -0.2) is 0 Å². The molecule has 1 aliphatic rings. The van der Waals surface area contributed by atoms with Gasteiger partial charge in [0.1, 0.15) is 5.75 Å². The molecule has 0 spiro atoms. The molecule has 146 valence electrons.